The molecule has 202 valence electrons. The quantitative estimate of drug-likeness (QED) is 0.202. The van der Waals surface area contributed by atoms with Crippen molar-refractivity contribution in [2.75, 3.05) is 0 Å². The molecule has 0 aliphatic carbocycles. The highest BCUT2D eigenvalue weighted by molar-refractivity contribution is 6.15. The zero-order chi connectivity index (χ0) is 28.4. The van der Waals surface area contributed by atoms with E-state index in [1.807, 2.05) is 24.3 Å². The molecular formula is C40H30O2. The van der Waals surface area contributed by atoms with Gasteiger partial charge in [-0.25, -0.2) is 0 Å². The van der Waals surface area contributed by atoms with Gasteiger partial charge in [-0.1, -0.05) is 124 Å². The third-order valence-electron chi connectivity index (χ3n) is 8.38. The van der Waals surface area contributed by atoms with Crippen LogP contribution in [0.3, 0.4) is 0 Å². The van der Waals surface area contributed by atoms with Gasteiger partial charge in [0.1, 0.15) is 0 Å². The first-order chi connectivity index (χ1) is 20.4. The molecule has 1 heterocycles. The van der Waals surface area contributed by atoms with Crippen LogP contribution in [0, 0.1) is 0 Å². The molecule has 0 fully saturated rings. The second-order valence-corrected chi connectivity index (χ2v) is 12.2. The summed E-state index contributed by atoms with van der Waals surface area (Å²) in [7, 11) is 0. The Balaban J connectivity index is 1.20. The standard InChI is InChI=1S/C40H30O2/c1-40(2,3)39-32-14-8-6-12-30(32)38(31-13-7-9-15-33(31)39)26-18-16-25(17-19-26)29-20-21-34-35(24-29)42-37-23-28-11-5-4-10-27(28)22-36(37)41-34/h4-24H,1-3H3. The predicted molar refractivity (Wildman–Crippen MR) is 175 cm³/mol. The zero-order valence-electron chi connectivity index (χ0n) is 23.9. The first kappa shape index (κ1) is 24.7. The molecule has 0 radical (unpaired) electrons. The van der Waals surface area contributed by atoms with Crippen LogP contribution < -0.4 is 9.47 Å². The summed E-state index contributed by atoms with van der Waals surface area (Å²) in [6, 6.07) is 45.1. The first-order valence-electron chi connectivity index (χ1n) is 14.5. The summed E-state index contributed by atoms with van der Waals surface area (Å²) in [6.45, 7) is 6.93. The van der Waals surface area contributed by atoms with E-state index in [1.165, 1.54) is 38.2 Å². The van der Waals surface area contributed by atoms with E-state index >= 15 is 0 Å². The summed E-state index contributed by atoms with van der Waals surface area (Å²) < 4.78 is 12.6. The summed E-state index contributed by atoms with van der Waals surface area (Å²) in [4.78, 5) is 0. The normalized spacial score (nSPS) is 12.5. The first-order valence-corrected chi connectivity index (χ1v) is 14.5. The molecule has 7 aromatic rings. The van der Waals surface area contributed by atoms with Crippen LogP contribution in [0.15, 0.2) is 127 Å². The summed E-state index contributed by atoms with van der Waals surface area (Å²) in [6.07, 6.45) is 0. The van der Waals surface area contributed by atoms with Crippen LogP contribution in [-0.4, -0.2) is 0 Å². The van der Waals surface area contributed by atoms with E-state index in [-0.39, 0.29) is 5.41 Å². The van der Waals surface area contributed by atoms with E-state index in [0.717, 1.165) is 44.9 Å². The van der Waals surface area contributed by atoms with E-state index in [9.17, 15) is 0 Å². The van der Waals surface area contributed by atoms with Crippen molar-refractivity contribution in [1.82, 2.24) is 0 Å². The number of hydrogen-bond donors (Lipinski definition) is 0. The summed E-state index contributed by atoms with van der Waals surface area (Å²) in [5.74, 6) is 2.95. The monoisotopic (exact) mass is 542 g/mol. The van der Waals surface area contributed by atoms with E-state index in [0.29, 0.717) is 0 Å². The Hall–Kier alpha value is -5.08. The Labute approximate surface area is 245 Å². The van der Waals surface area contributed by atoms with Crippen LogP contribution in [0.1, 0.15) is 26.3 Å². The molecule has 0 bridgehead atoms. The van der Waals surface area contributed by atoms with Gasteiger partial charge < -0.3 is 9.47 Å². The van der Waals surface area contributed by atoms with E-state index in [1.54, 1.807) is 0 Å². The van der Waals surface area contributed by atoms with E-state index < -0.39 is 0 Å². The van der Waals surface area contributed by atoms with Crippen molar-refractivity contribution in [3.05, 3.63) is 133 Å². The third-order valence-corrected chi connectivity index (χ3v) is 8.38. The second-order valence-electron chi connectivity index (χ2n) is 12.2. The molecule has 0 saturated heterocycles. The van der Waals surface area contributed by atoms with Gasteiger partial charge in [-0.05, 0) is 89.8 Å². The Morgan fingerprint density at radius 3 is 1.43 bits per heavy atom. The average Bonchev–Trinajstić information content (AvgIpc) is 3.00. The maximum atomic E-state index is 6.35. The van der Waals surface area contributed by atoms with Crippen molar-refractivity contribution in [1.29, 1.82) is 0 Å². The van der Waals surface area contributed by atoms with Crippen LogP contribution in [-0.2, 0) is 5.41 Å². The molecule has 42 heavy (non-hydrogen) atoms. The summed E-state index contributed by atoms with van der Waals surface area (Å²) >= 11 is 0. The minimum Gasteiger partial charge on any atom is -0.449 e. The van der Waals surface area contributed by atoms with Gasteiger partial charge >= 0.3 is 0 Å². The van der Waals surface area contributed by atoms with Crippen LogP contribution >= 0.6 is 0 Å². The Kier molecular flexibility index (Phi) is 5.42. The minimum atomic E-state index is 0.0213. The molecule has 0 spiro atoms. The molecule has 0 amide bonds. The molecule has 2 nitrogen and oxygen atoms in total. The Bertz CT molecular complexity index is 2110. The van der Waals surface area contributed by atoms with Crippen molar-refractivity contribution in [2.24, 2.45) is 0 Å². The van der Waals surface area contributed by atoms with Gasteiger partial charge in [0.05, 0.1) is 0 Å². The highest BCUT2D eigenvalue weighted by atomic mass is 16.6. The molecule has 0 atom stereocenters. The number of rotatable bonds is 2. The minimum absolute atomic E-state index is 0.0213. The van der Waals surface area contributed by atoms with Crippen LogP contribution in [0.25, 0.3) is 54.6 Å². The second kappa shape index (κ2) is 9.22. The molecule has 1 aliphatic rings. The largest absolute Gasteiger partial charge is 0.449 e. The maximum absolute atomic E-state index is 6.35. The highest BCUT2D eigenvalue weighted by Gasteiger charge is 2.24. The van der Waals surface area contributed by atoms with Gasteiger partial charge in [0.25, 0.3) is 0 Å². The maximum Gasteiger partial charge on any atom is 0.170 e. The topological polar surface area (TPSA) is 18.5 Å². The lowest BCUT2D eigenvalue weighted by atomic mass is 9.78. The number of benzene rings is 7. The lowest BCUT2D eigenvalue weighted by Crippen LogP contribution is -2.13. The highest BCUT2D eigenvalue weighted by Crippen LogP contribution is 2.48. The van der Waals surface area contributed by atoms with Gasteiger partial charge in [0, 0.05) is 0 Å². The van der Waals surface area contributed by atoms with Gasteiger partial charge in [-0.3, -0.25) is 0 Å². The number of fused-ring (bicyclic) bond motifs is 5. The molecular weight excluding hydrogens is 512 g/mol. The van der Waals surface area contributed by atoms with Crippen LogP contribution in [0.2, 0.25) is 0 Å². The predicted octanol–water partition coefficient (Wildman–Crippen LogP) is 11.7. The van der Waals surface area contributed by atoms with Gasteiger partial charge in [-0.15, -0.1) is 0 Å². The van der Waals surface area contributed by atoms with Crippen molar-refractivity contribution in [3.8, 4) is 45.3 Å². The molecule has 7 aromatic carbocycles. The lowest BCUT2D eigenvalue weighted by Gasteiger charge is -2.26. The molecule has 1 aliphatic heterocycles. The van der Waals surface area contributed by atoms with Gasteiger partial charge in [-0.2, -0.15) is 0 Å². The Morgan fingerprint density at radius 1 is 0.405 bits per heavy atom. The summed E-state index contributed by atoms with van der Waals surface area (Å²) in [5, 5.41) is 7.49. The molecule has 2 heteroatoms. The average molecular weight is 543 g/mol. The number of hydrogen-bond acceptors (Lipinski definition) is 2. The Morgan fingerprint density at radius 2 is 0.857 bits per heavy atom. The van der Waals surface area contributed by atoms with Crippen molar-refractivity contribution < 1.29 is 9.47 Å². The van der Waals surface area contributed by atoms with E-state index in [4.69, 9.17) is 9.47 Å². The molecule has 0 aromatic heterocycles. The lowest BCUT2D eigenvalue weighted by molar-refractivity contribution is 0.360. The molecule has 0 N–H and O–H groups in total. The van der Waals surface area contributed by atoms with Crippen molar-refractivity contribution >= 4 is 32.3 Å². The third kappa shape index (κ3) is 3.94. The molecule has 0 unspecified atom stereocenters. The fraction of sp³-hybridized carbons (Fsp3) is 0.100. The van der Waals surface area contributed by atoms with Crippen LogP contribution in [0.5, 0.6) is 23.0 Å². The van der Waals surface area contributed by atoms with Crippen molar-refractivity contribution in [2.45, 2.75) is 26.2 Å². The fourth-order valence-corrected chi connectivity index (χ4v) is 6.52. The van der Waals surface area contributed by atoms with Crippen LogP contribution in [0.4, 0.5) is 0 Å². The molecule has 0 saturated carbocycles. The summed E-state index contributed by atoms with van der Waals surface area (Å²) in [5.41, 5.74) is 6.14. The zero-order valence-corrected chi connectivity index (χ0v) is 23.9. The SMILES string of the molecule is CC(C)(C)c1c2ccccc2c(-c2ccc(-c3ccc4c(c3)Oc3cc5ccccc5cc3O4)cc2)c2ccccc12. The smallest absolute Gasteiger partial charge is 0.170 e. The van der Waals surface area contributed by atoms with Crippen molar-refractivity contribution in [3.63, 3.8) is 0 Å². The van der Waals surface area contributed by atoms with Gasteiger partial charge in [0.15, 0.2) is 23.0 Å². The van der Waals surface area contributed by atoms with Gasteiger partial charge in [0.2, 0.25) is 0 Å². The van der Waals surface area contributed by atoms with E-state index in [2.05, 4.69) is 124 Å². The molecule has 8 rings (SSSR count). The number of ether oxygens (including phenoxy) is 2. The fourth-order valence-electron chi connectivity index (χ4n) is 6.52.